The molecule has 1 aliphatic rings. The van der Waals surface area contributed by atoms with Gasteiger partial charge >= 0.3 is 0 Å². The van der Waals surface area contributed by atoms with Crippen molar-refractivity contribution in [1.29, 1.82) is 0 Å². The molecule has 0 spiro atoms. The van der Waals surface area contributed by atoms with Gasteiger partial charge in [0, 0.05) is 21.1 Å². The average molecular weight is 274 g/mol. The maximum absolute atomic E-state index is 10.5. The molecule has 0 aliphatic heterocycles. The maximum atomic E-state index is 10.5. The van der Waals surface area contributed by atoms with Gasteiger partial charge in [0.05, 0.1) is 0 Å². The normalized spacial score (nSPS) is 15.1. The van der Waals surface area contributed by atoms with Crippen LogP contribution in [0.2, 0.25) is 0 Å². The van der Waals surface area contributed by atoms with Crippen molar-refractivity contribution in [2.45, 2.75) is 12.0 Å². The molecule has 0 aromatic heterocycles. The summed E-state index contributed by atoms with van der Waals surface area (Å²) in [6, 6.07) is 0. The van der Waals surface area contributed by atoms with E-state index in [0.29, 0.717) is 12.0 Å². The van der Waals surface area contributed by atoms with Crippen molar-refractivity contribution in [3.8, 4) is 0 Å². The van der Waals surface area contributed by atoms with Gasteiger partial charge in [-0.15, -0.1) is 0 Å². The van der Waals surface area contributed by atoms with Crippen molar-refractivity contribution in [2.24, 2.45) is 0 Å². The van der Waals surface area contributed by atoms with Crippen molar-refractivity contribution in [2.75, 3.05) is 0 Å². The van der Waals surface area contributed by atoms with Crippen molar-refractivity contribution >= 4 is 12.6 Å². The summed E-state index contributed by atoms with van der Waals surface area (Å²) in [6.45, 7) is 0. The molecule has 0 atom stereocenters. The Balaban J connectivity index is 0.00000169. The van der Waals surface area contributed by atoms with Crippen molar-refractivity contribution < 1.29 is 35.8 Å². The fraction of sp³-hybridized carbons (Fsp3) is 0.200. The molecule has 1 rings (SSSR count). The van der Waals surface area contributed by atoms with E-state index in [1.54, 1.807) is 30.4 Å². The zero-order valence-corrected chi connectivity index (χ0v) is 9.43. The zero-order chi connectivity index (χ0) is 9.73. The number of aliphatic hydroxyl groups is 1. The Morgan fingerprint density at radius 3 is 2.43 bits per heavy atom. The summed E-state index contributed by atoms with van der Waals surface area (Å²) in [6.07, 6.45) is 9.48. The molecule has 1 N–H and O–H groups in total. The van der Waals surface area contributed by atoms with Crippen molar-refractivity contribution in [1.82, 2.24) is 0 Å². The number of aldehydes is 2. The summed E-state index contributed by atoms with van der Waals surface area (Å²) in [5, 5.41) is 9.51. The van der Waals surface area contributed by atoms with Crippen LogP contribution in [0, 0.1) is 0 Å². The van der Waals surface area contributed by atoms with Gasteiger partial charge in [0.2, 0.25) is 0 Å². The molecule has 0 radical (unpaired) electrons. The van der Waals surface area contributed by atoms with E-state index in [9.17, 15) is 14.7 Å². The van der Waals surface area contributed by atoms with E-state index >= 15 is 0 Å². The SMILES string of the molecule is O=CC(O)(C=O)C1=CC=CC=CC1.[Mo]. The molecule has 0 bridgehead atoms. The van der Waals surface area contributed by atoms with Gasteiger partial charge in [-0.25, -0.2) is 0 Å². The second kappa shape index (κ2) is 5.84. The first-order valence-electron chi connectivity index (χ1n) is 3.91. The molecule has 0 heterocycles. The molecule has 14 heavy (non-hydrogen) atoms. The van der Waals surface area contributed by atoms with E-state index in [2.05, 4.69) is 0 Å². The van der Waals surface area contributed by atoms with Crippen molar-refractivity contribution in [3.63, 3.8) is 0 Å². The third-order valence-corrected chi connectivity index (χ3v) is 1.87. The van der Waals surface area contributed by atoms with E-state index in [0.717, 1.165) is 0 Å². The molecule has 0 aromatic rings. The number of allylic oxidation sites excluding steroid dienone is 5. The van der Waals surface area contributed by atoms with E-state index < -0.39 is 5.60 Å². The van der Waals surface area contributed by atoms with Crippen LogP contribution in [0.1, 0.15) is 6.42 Å². The standard InChI is InChI=1S/C10H10O3.Mo/c11-7-10(13,8-12)9-5-3-1-2-4-6-9;/h1-5,7-8,13H,6H2;. The van der Waals surface area contributed by atoms with Gasteiger partial charge < -0.3 is 5.11 Å². The van der Waals surface area contributed by atoms with Crippen LogP contribution in [0.25, 0.3) is 0 Å². The Bertz CT molecular complexity index is 294. The Labute approximate surface area is 96.5 Å². The third-order valence-electron chi connectivity index (χ3n) is 1.87. The second-order valence-electron chi connectivity index (χ2n) is 2.77. The minimum atomic E-state index is -1.96. The second-order valence-corrected chi connectivity index (χ2v) is 2.77. The van der Waals surface area contributed by atoms with E-state index in [1.807, 2.05) is 0 Å². The quantitative estimate of drug-likeness (QED) is 0.464. The van der Waals surface area contributed by atoms with E-state index in [-0.39, 0.29) is 33.6 Å². The summed E-state index contributed by atoms with van der Waals surface area (Å²) in [4.78, 5) is 21.0. The molecule has 0 unspecified atom stereocenters. The first-order valence-corrected chi connectivity index (χ1v) is 3.91. The summed E-state index contributed by atoms with van der Waals surface area (Å²) in [5.74, 6) is 0. The van der Waals surface area contributed by atoms with Crippen molar-refractivity contribution in [3.05, 3.63) is 36.0 Å². The summed E-state index contributed by atoms with van der Waals surface area (Å²) in [7, 11) is 0. The number of hydrogen-bond donors (Lipinski definition) is 1. The molecule has 4 heteroatoms. The summed E-state index contributed by atoms with van der Waals surface area (Å²) >= 11 is 0. The van der Waals surface area contributed by atoms with E-state index in [4.69, 9.17) is 0 Å². The number of hydrogen-bond acceptors (Lipinski definition) is 3. The monoisotopic (exact) mass is 276 g/mol. The Kier molecular flexibility index (Phi) is 5.51. The van der Waals surface area contributed by atoms with Gasteiger partial charge in [-0.3, -0.25) is 9.59 Å². The number of carbonyl (C=O) groups is 2. The predicted octanol–water partition coefficient (Wildman–Crippen LogP) is 0.555. The molecule has 0 aromatic carbocycles. The number of carbonyl (C=O) groups excluding carboxylic acids is 2. The fourth-order valence-corrected chi connectivity index (χ4v) is 1.05. The largest absolute Gasteiger partial charge is 0.372 e. The molecule has 0 saturated heterocycles. The van der Waals surface area contributed by atoms with Crippen LogP contribution in [0.5, 0.6) is 0 Å². The summed E-state index contributed by atoms with van der Waals surface area (Å²) in [5.41, 5.74) is -1.57. The molecule has 3 nitrogen and oxygen atoms in total. The van der Waals surface area contributed by atoms with Crippen LogP contribution in [0.15, 0.2) is 36.0 Å². The molecule has 0 amide bonds. The van der Waals surface area contributed by atoms with E-state index in [1.165, 1.54) is 0 Å². The third kappa shape index (κ3) is 2.86. The van der Waals surface area contributed by atoms with Gasteiger partial charge in [-0.1, -0.05) is 30.4 Å². The van der Waals surface area contributed by atoms with Gasteiger partial charge in [0.25, 0.3) is 0 Å². The molecular weight excluding hydrogens is 264 g/mol. The first-order chi connectivity index (χ1) is 6.23. The Morgan fingerprint density at radius 2 is 1.86 bits per heavy atom. The van der Waals surface area contributed by atoms with Gasteiger partial charge in [-0.2, -0.15) is 0 Å². The predicted molar refractivity (Wildman–Crippen MR) is 48.1 cm³/mol. The first kappa shape index (κ1) is 13.2. The molecule has 74 valence electrons. The summed E-state index contributed by atoms with van der Waals surface area (Å²) < 4.78 is 0. The van der Waals surface area contributed by atoms with Crippen LogP contribution in [0.4, 0.5) is 0 Å². The number of rotatable bonds is 3. The van der Waals surface area contributed by atoms with Crippen LogP contribution in [-0.2, 0) is 30.7 Å². The smallest absolute Gasteiger partial charge is 0.197 e. The average Bonchev–Trinajstić information content (AvgIpc) is 2.45. The van der Waals surface area contributed by atoms with Crippen LogP contribution in [0.3, 0.4) is 0 Å². The van der Waals surface area contributed by atoms with Gasteiger partial charge in [0.15, 0.2) is 18.2 Å². The minimum absolute atomic E-state index is 0. The fourth-order valence-electron chi connectivity index (χ4n) is 1.05. The minimum Gasteiger partial charge on any atom is -0.372 e. The molecule has 0 saturated carbocycles. The molecule has 0 fully saturated rings. The molecule has 1 aliphatic carbocycles. The van der Waals surface area contributed by atoms with Gasteiger partial charge in [0.1, 0.15) is 0 Å². The maximum Gasteiger partial charge on any atom is 0.197 e. The van der Waals surface area contributed by atoms with Crippen LogP contribution >= 0.6 is 0 Å². The zero-order valence-electron chi connectivity index (χ0n) is 7.42. The van der Waals surface area contributed by atoms with Crippen LogP contribution in [-0.4, -0.2) is 23.3 Å². The Hall–Kier alpha value is -0.792. The van der Waals surface area contributed by atoms with Crippen LogP contribution < -0.4 is 0 Å². The molecular formula is C10H10MoO3. The Morgan fingerprint density at radius 1 is 1.21 bits per heavy atom. The topological polar surface area (TPSA) is 54.4 Å². The van der Waals surface area contributed by atoms with Gasteiger partial charge in [-0.05, 0) is 12.0 Å².